The molecule has 1 saturated heterocycles. The van der Waals surface area contributed by atoms with Gasteiger partial charge in [0.25, 0.3) is 0 Å². The normalized spacial score (nSPS) is 21.8. The second kappa shape index (κ2) is 4.04. The molecule has 11 heavy (non-hydrogen) atoms. The largest absolute Gasteiger partial charge is 0.392 e. The van der Waals surface area contributed by atoms with Crippen LogP contribution in [0.3, 0.4) is 0 Å². The monoisotopic (exact) mass is 158 g/mol. The summed E-state index contributed by atoms with van der Waals surface area (Å²) in [4.78, 5) is 2.32. The van der Waals surface area contributed by atoms with Crippen molar-refractivity contribution in [3.05, 3.63) is 0 Å². The number of hydrogen-bond donors (Lipinski definition) is 2. The fraction of sp³-hybridized carbons (Fsp3) is 1.00. The van der Waals surface area contributed by atoms with E-state index in [2.05, 4.69) is 17.1 Å². The highest BCUT2D eigenvalue weighted by Crippen LogP contribution is 2.04. The van der Waals surface area contributed by atoms with Gasteiger partial charge in [-0.15, -0.1) is 0 Å². The van der Waals surface area contributed by atoms with Crippen LogP contribution in [0.4, 0.5) is 0 Å². The van der Waals surface area contributed by atoms with Gasteiger partial charge in [0.05, 0.1) is 6.10 Å². The molecule has 1 fully saturated rings. The van der Waals surface area contributed by atoms with E-state index in [4.69, 9.17) is 5.11 Å². The third kappa shape index (κ3) is 2.43. The third-order valence-corrected chi connectivity index (χ3v) is 2.18. The second-order valence-electron chi connectivity index (χ2n) is 3.25. The Labute approximate surface area is 68.4 Å². The zero-order valence-corrected chi connectivity index (χ0v) is 7.38. The number of aliphatic hydroxyl groups is 1. The first kappa shape index (κ1) is 8.97. The summed E-state index contributed by atoms with van der Waals surface area (Å²) in [5.41, 5.74) is 0. The molecule has 0 unspecified atom stereocenters. The molecule has 0 saturated carbocycles. The molecule has 2 N–H and O–H groups in total. The van der Waals surface area contributed by atoms with Crippen LogP contribution >= 0.6 is 0 Å². The minimum atomic E-state index is -0.199. The smallest absolute Gasteiger partial charge is 0.0639 e. The van der Waals surface area contributed by atoms with Gasteiger partial charge in [0.2, 0.25) is 0 Å². The summed E-state index contributed by atoms with van der Waals surface area (Å²) in [6.45, 7) is 8.00. The topological polar surface area (TPSA) is 35.5 Å². The van der Waals surface area contributed by atoms with Crippen molar-refractivity contribution < 1.29 is 5.11 Å². The van der Waals surface area contributed by atoms with Crippen LogP contribution in [0.5, 0.6) is 0 Å². The molecule has 0 amide bonds. The molecule has 1 atom stereocenters. The number of likely N-dealkylation sites (N-methyl/N-ethyl adjacent to an activating group) is 1. The molecule has 0 bridgehead atoms. The molecule has 0 aromatic heterocycles. The van der Waals surface area contributed by atoms with Crippen LogP contribution in [0.2, 0.25) is 0 Å². The first-order valence-electron chi connectivity index (χ1n) is 4.37. The highest BCUT2D eigenvalue weighted by molar-refractivity contribution is 4.84. The van der Waals surface area contributed by atoms with E-state index in [0.29, 0.717) is 6.04 Å². The molecule has 3 heteroatoms. The summed E-state index contributed by atoms with van der Waals surface area (Å²) in [6, 6.07) is 0.662. The van der Waals surface area contributed by atoms with Crippen molar-refractivity contribution in [2.24, 2.45) is 0 Å². The maximum atomic E-state index is 9.16. The van der Waals surface area contributed by atoms with E-state index in [0.717, 1.165) is 26.2 Å². The van der Waals surface area contributed by atoms with Crippen molar-refractivity contribution in [1.82, 2.24) is 10.2 Å². The molecule has 1 aliphatic rings. The van der Waals surface area contributed by atoms with Crippen LogP contribution < -0.4 is 5.32 Å². The van der Waals surface area contributed by atoms with Crippen LogP contribution in [0.15, 0.2) is 0 Å². The summed E-state index contributed by atoms with van der Waals surface area (Å²) >= 11 is 0. The van der Waals surface area contributed by atoms with Gasteiger partial charge in [0.1, 0.15) is 0 Å². The molecule has 0 spiro atoms. The van der Waals surface area contributed by atoms with Gasteiger partial charge in [0.15, 0.2) is 0 Å². The first-order valence-corrected chi connectivity index (χ1v) is 4.37. The molecule has 3 nitrogen and oxygen atoms in total. The van der Waals surface area contributed by atoms with Gasteiger partial charge < -0.3 is 10.4 Å². The predicted molar refractivity (Wildman–Crippen MR) is 45.6 cm³/mol. The van der Waals surface area contributed by atoms with Crippen LogP contribution in [0.1, 0.15) is 13.8 Å². The Kier molecular flexibility index (Phi) is 3.30. The van der Waals surface area contributed by atoms with E-state index in [1.807, 2.05) is 6.92 Å². The quantitative estimate of drug-likeness (QED) is 0.587. The van der Waals surface area contributed by atoms with Crippen molar-refractivity contribution in [3.8, 4) is 0 Å². The lowest BCUT2D eigenvalue weighted by molar-refractivity contribution is 0.0812. The molecule has 0 aromatic rings. The lowest BCUT2D eigenvalue weighted by Gasteiger charge is -2.38. The summed E-state index contributed by atoms with van der Waals surface area (Å²) in [5, 5.41) is 12.4. The number of rotatable bonds is 4. The van der Waals surface area contributed by atoms with Gasteiger partial charge in [-0.1, -0.05) is 6.92 Å². The zero-order chi connectivity index (χ0) is 8.27. The number of nitrogens with zero attached hydrogens (tertiary/aromatic N) is 1. The average molecular weight is 158 g/mol. The summed E-state index contributed by atoms with van der Waals surface area (Å²) in [7, 11) is 0. The van der Waals surface area contributed by atoms with Crippen molar-refractivity contribution in [2.45, 2.75) is 26.0 Å². The fourth-order valence-corrected chi connectivity index (χ4v) is 1.41. The molecular weight excluding hydrogens is 140 g/mol. The van der Waals surface area contributed by atoms with Gasteiger partial charge in [0, 0.05) is 25.7 Å². The van der Waals surface area contributed by atoms with Crippen LogP contribution in [-0.4, -0.2) is 48.3 Å². The van der Waals surface area contributed by atoms with E-state index >= 15 is 0 Å². The van der Waals surface area contributed by atoms with Gasteiger partial charge in [-0.3, -0.25) is 4.90 Å². The molecular formula is C8H18N2O. The molecule has 66 valence electrons. The SMILES string of the molecule is CCN(C[C@H](C)O)C1CNC1. The standard InChI is InChI=1S/C8H18N2O/c1-3-10(6-7(2)11)8-4-9-5-8/h7-9,11H,3-6H2,1-2H3/t7-/m0/s1. The zero-order valence-electron chi connectivity index (χ0n) is 7.38. The third-order valence-electron chi connectivity index (χ3n) is 2.18. The van der Waals surface area contributed by atoms with Crippen LogP contribution in [0.25, 0.3) is 0 Å². The van der Waals surface area contributed by atoms with E-state index in [1.54, 1.807) is 0 Å². The van der Waals surface area contributed by atoms with Crippen LogP contribution in [0, 0.1) is 0 Å². The van der Waals surface area contributed by atoms with Crippen molar-refractivity contribution in [1.29, 1.82) is 0 Å². The molecule has 1 rings (SSSR count). The lowest BCUT2D eigenvalue weighted by Crippen LogP contribution is -2.58. The van der Waals surface area contributed by atoms with E-state index < -0.39 is 0 Å². The van der Waals surface area contributed by atoms with Crippen molar-refractivity contribution in [2.75, 3.05) is 26.2 Å². The Balaban J connectivity index is 2.23. The van der Waals surface area contributed by atoms with E-state index in [9.17, 15) is 0 Å². The highest BCUT2D eigenvalue weighted by Gasteiger charge is 2.23. The van der Waals surface area contributed by atoms with Crippen molar-refractivity contribution in [3.63, 3.8) is 0 Å². The lowest BCUT2D eigenvalue weighted by atomic mass is 10.1. The Morgan fingerprint density at radius 3 is 2.55 bits per heavy atom. The summed E-state index contributed by atoms with van der Waals surface area (Å²) < 4.78 is 0. The van der Waals surface area contributed by atoms with E-state index in [1.165, 1.54) is 0 Å². The average Bonchev–Trinajstić information content (AvgIpc) is 1.81. The maximum Gasteiger partial charge on any atom is 0.0639 e. The first-order chi connectivity index (χ1) is 5.24. The number of hydrogen-bond acceptors (Lipinski definition) is 3. The van der Waals surface area contributed by atoms with Gasteiger partial charge in [-0.05, 0) is 13.5 Å². The van der Waals surface area contributed by atoms with Crippen LogP contribution in [-0.2, 0) is 0 Å². The predicted octanol–water partition coefficient (Wildman–Crippen LogP) is -0.339. The highest BCUT2D eigenvalue weighted by atomic mass is 16.3. The molecule has 1 heterocycles. The van der Waals surface area contributed by atoms with Gasteiger partial charge in [-0.2, -0.15) is 0 Å². The summed E-state index contributed by atoms with van der Waals surface area (Å²) in [5.74, 6) is 0. The van der Waals surface area contributed by atoms with Gasteiger partial charge >= 0.3 is 0 Å². The van der Waals surface area contributed by atoms with E-state index in [-0.39, 0.29) is 6.10 Å². The minimum absolute atomic E-state index is 0.199. The summed E-state index contributed by atoms with van der Waals surface area (Å²) in [6.07, 6.45) is -0.199. The molecule has 0 radical (unpaired) electrons. The fourth-order valence-electron chi connectivity index (χ4n) is 1.41. The number of nitrogens with one attached hydrogen (secondary N) is 1. The minimum Gasteiger partial charge on any atom is -0.392 e. The molecule has 0 aliphatic carbocycles. The Hall–Kier alpha value is -0.120. The Morgan fingerprint density at radius 1 is 1.64 bits per heavy atom. The second-order valence-corrected chi connectivity index (χ2v) is 3.25. The van der Waals surface area contributed by atoms with Crippen molar-refractivity contribution >= 4 is 0 Å². The molecule has 0 aromatic carbocycles. The molecule has 1 aliphatic heterocycles. The maximum absolute atomic E-state index is 9.16. The number of aliphatic hydroxyl groups excluding tert-OH is 1. The van der Waals surface area contributed by atoms with Gasteiger partial charge in [-0.25, -0.2) is 0 Å². The Bertz CT molecular complexity index is 113. The Morgan fingerprint density at radius 2 is 2.27 bits per heavy atom.